The van der Waals surface area contributed by atoms with Gasteiger partial charge < -0.3 is 19.1 Å². The molecule has 23 heavy (non-hydrogen) atoms. The standard InChI is InChI=1S/C18H23NO4/c1-14(15-3-5-16(21-2)6-4-15)13-17(20)19-9-7-18(8-10-19)22-11-12-23-18/h3-6,13H,7-12H2,1-2H3/b14-13+. The molecule has 2 aliphatic rings. The zero-order valence-electron chi connectivity index (χ0n) is 13.7. The quantitative estimate of drug-likeness (QED) is 0.804. The van der Waals surface area contributed by atoms with Crippen LogP contribution in [0.15, 0.2) is 30.3 Å². The van der Waals surface area contributed by atoms with Crippen molar-refractivity contribution in [1.82, 2.24) is 4.90 Å². The number of methoxy groups -OCH3 is 1. The molecule has 2 heterocycles. The van der Waals surface area contributed by atoms with E-state index in [4.69, 9.17) is 14.2 Å². The molecule has 0 unspecified atom stereocenters. The van der Waals surface area contributed by atoms with Crippen LogP contribution < -0.4 is 4.74 Å². The van der Waals surface area contributed by atoms with Crippen molar-refractivity contribution in [2.45, 2.75) is 25.6 Å². The molecule has 0 bridgehead atoms. The first-order valence-corrected chi connectivity index (χ1v) is 8.01. The third-order valence-electron chi connectivity index (χ3n) is 4.54. The van der Waals surface area contributed by atoms with E-state index in [2.05, 4.69) is 0 Å². The molecule has 3 rings (SSSR count). The maximum absolute atomic E-state index is 12.5. The van der Waals surface area contributed by atoms with Crippen LogP contribution in [0.1, 0.15) is 25.3 Å². The fourth-order valence-electron chi connectivity index (χ4n) is 3.07. The summed E-state index contributed by atoms with van der Waals surface area (Å²) in [6.45, 7) is 4.61. The average Bonchev–Trinajstić information content (AvgIpc) is 3.03. The molecule has 1 aromatic rings. The Balaban J connectivity index is 1.61. The molecule has 2 saturated heterocycles. The van der Waals surface area contributed by atoms with Gasteiger partial charge in [-0.3, -0.25) is 4.79 Å². The number of rotatable bonds is 3. The molecule has 124 valence electrons. The van der Waals surface area contributed by atoms with E-state index in [1.54, 1.807) is 13.2 Å². The normalized spacial score (nSPS) is 20.8. The van der Waals surface area contributed by atoms with Gasteiger partial charge in [0, 0.05) is 32.0 Å². The Morgan fingerprint density at radius 3 is 2.35 bits per heavy atom. The van der Waals surface area contributed by atoms with Crippen LogP contribution in [0.3, 0.4) is 0 Å². The number of allylic oxidation sites excluding steroid dienone is 1. The number of ether oxygens (including phenoxy) is 3. The second kappa shape index (κ2) is 6.72. The molecule has 1 spiro atoms. The lowest BCUT2D eigenvalue weighted by Crippen LogP contribution is -2.46. The van der Waals surface area contributed by atoms with Gasteiger partial charge in [-0.05, 0) is 30.2 Å². The Labute approximate surface area is 136 Å². The van der Waals surface area contributed by atoms with Gasteiger partial charge >= 0.3 is 0 Å². The maximum atomic E-state index is 12.5. The minimum atomic E-state index is -0.439. The zero-order valence-corrected chi connectivity index (χ0v) is 13.7. The van der Waals surface area contributed by atoms with Crippen molar-refractivity contribution in [3.63, 3.8) is 0 Å². The van der Waals surface area contributed by atoms with E-state index in [0.29, 0.717) is 26.3 Å². The molecular weight excluding hydrogens is 294 g/mol. The predicted octanol–water partition coefficient (Wildman–Crippen LogP) is 2.46. The highest BCUT2D eigenvalue weighted by Gasteiger charge is 2.40. The molecule has 0 aromatic heterocycles. The molecule has 0 radical (unpaired) electrons. The molecular formula is C18H23NO4. The van der Waals surface area contributed by atoms with Crippen molar-refractivity contribution < 1.29 is 19.0 Å². The number of piperidine rings is 1. The number of hydrogen-bond donors (Lipinski definition) is 0. The smallest absolute Gasteiger partial charge is 0.246 e. The molecule has 0 N–H and O–H groups in total. The SMILES string of the molecule is COc1ccc(/C(C)=C/C(=O)N2CCC3(CC2)OCCO3)cc1. The number of carbonyl (C=O) groups excluding carboxylic acids is 1. The van der Waals surface area contributed by atoms with Gasteiger partial charge in [0.15, 0.2) is 5.79 Å². The van der Waals surface area contributed by atoms with Crippen molar-refractivity contribution >= 4 is 11.5 Å². The van der Waals surface area contributed by atoms with E-state index in [-0.39, 0.29) is 5.91 Å². The summed E-state index contributed by atoms with van der Waals surface area (Å²) in [5.74, 6) is 0.419. The summed E-state index contributed by atoms with van der Waals surface area (Å²) in [7, 11) is 1.64. The molecule has 2 aliphatic heterocycles. The Bertz CT molecular complexity index is 578. The van der Waals surface area contributed by atoms with Crippen LogP contribution in [0.25, 0.3) is 5.57 Å². The van der Waals surface area contributed by atoms with Crippen LogP contribution in [0.4, 0.5) is 0 Å². The predicted molar refractivity (Wildman–Crippen MR) is 87.1 cm³/mol. The molecule has 1 aromatic carbocycles. The maximum Gasteiger partial charge on any atom is 0.246 e. The second-order valence-electron chi connectivity index (χ2n) is 5.99. The Kier molecular flexibility index (Phi) is 4.68. The fraction of sp³-hybridized carbons (Fsp3) is 0.500. The number of likely N-dealkylation sites (tertiary alicyclic amines) is 1. The molecule has 2 fully saturated rings. The van der Waals surface area contributed by atoms with E-state index >= 15 is 0 Å². The Hall–Kier alpha value is -1.85. The second-order valence-corrected chi connectivity index (χ2v) is 5.99. The first kappa shape index (κ1) is 16.0. The van der Waals surface area contributed by atoms with Crippen molar-refractivity contribution in [1.29, 1.82) is 0 Å². The molecule has 5 heteroatoms. The fourth-order valence-corrected chi connectivity index (χ4v) is 3.07. The minimum absolute atomic E-state index is 0.0474. The number of hydrogen-bond acceptors (Lipinski definition) is 4. The number of benzene rings is 1. The van der Waals surface area contributed by atoms with E-state index in [0.717, 1.165) is 29.7 Å². The van der Waals surface area contributed by atoms with Crippen LogP contribution >= 0.6 is 0 Å². The van der Waals surface area contributed by atoms with Crippen LogP contribution in [-0.4, -0.2) is 50.0 Å². The lowest BCUT2D eigenvalue weighted by Gasteiger charge is -2.37. The molecule has 0 aliphatic carbocycles. The summed E-state index contributed by atoms with van der Waals surface area (Å²) in [5.41, 5.74) is 1.97. The number of carbonyl (C=O) groups is 1. The highest BCUT2D eigenvalue weighted by atomic mass is 16.7. The molecule has 0 saturated carbocycles. The zero-order chi connectivity index (χ0) is 16.3. The first-order chi connectivity index (χ1) is 11.1. The van der Waals surface area contributed by atoms with Crippen molar-refractivity contribution in [2.24, 2.45) is 0 Å². The molecule has 5 nitrogen and oxygen atoms in total. The van der Waals surface area contributed by atoms with Gasteiger partial charge in [0.05, 0.1) is 20.3 Å². The van der Waals surface area contributed by atoms with E-state index in [1.807, 2.05) is 36.1 Å². The van der Waals surface area contributed by atoms with E-state index < -0.39 is 5.79 Å². The number of amides is 1. The summed E-state index contributed by atoms with van der Waals surface area (Å²) in [4.78, 5) is 14.3. The highest BCUT2D eigenvalue weighted by Crippen LogP contribution is 2.31. The minimum Gasteiger partial charge on any atom is -0.497 e. The van der Waals surface area contributed by atoms with Gasteiger partial charge in [-0.15, -0.1) is 0 Å². The summed E-state index contributed by atoms with van der Waals surface area (Å²) >= 11 is 0. The average molecular weight is 317 g/mol. The van der Waals surface area contributed by atoms with Gasteiger partial charge in [0.2, 0.25) is 5.91 Å². The first-order valence-electron chi connectivity index (χ1n) is 8.01. The number of nitrogens with zero attached hydrogens (tertiary/aromatic N) is 1. The van der Waals surface area contributed by atoms with Crippen LogP contribution in [0.2, 0.25) is 0 Å². The Morgan fingerprint density at radius 2 is 1.78 bits per heavy atom. The van der Waals surface area contributed by atoms with Gasteiger partial charge in [0.1, 0.15) is 5.75 Å². The van der Waals surface area contributed by atoms with Crippen molar-refractivity contribution in [3.05, 3.63) is 35.9 Å². The van der Waals surface area contributed by atoms with Crippen molar-refractivity contribution in [3.8, 4) is 5.75 Å². The Morgan fingerprint density at radius 1 is 1.17 bits per heavy atom. The third kappa shape index (κ3) is 3.57. The van der Waals surface area contributed by atoms with Crippen LogP contribution in [-0.2, 0) is 14.3 Å². The van der Waals surface area contributed by atoms with Crippen LogP contribution in [0.5, 0.6) is 5.75 Å². The topological polar surface area (TPSA) is 48.0 Å². The highest BCUT2D eigenvalue weighted by molar-refractivity contribution is 5.94. The van der Waals surface area contributed by atoms with Crippen molar-refractivity contribution in [2.75, 3.05) is 33.4 Å². The summed E-state index contributed by atoms with van der Waals surface area (Å²) < 4.78 is 16.5. The lowest BCUT2D eigenvalue weighted by molar-refractivity contribution is -0.186. The largest absolute Gasteiger partial charge is 0.497 e. The van der Waals surface area contributed by atoms with Crippen LogP contribution in [0, 0.1) is 0 Å². The summed E-state index contributed by atoms with van der Waals surface area (Å²) in [6.07, 6.45) is 3.19. The third-order valence-corrected chi connectivity index (χ3v) is 4.54. The molecule has 0 atom stereocenters. The lowest BCUT2D eigenvalue weighted by atomic mass is 10.0. The van der Waals surface area contributed by atoms with Gasteiger partial charge in [0.25, 0.3) is 0 Å². The summed E-state index contributed by atoms with van der Waals surface area (Å²) in [6, 6.07) is 7.72. The van der Waals surface area contributed by atoms with Gasteiger partial charge in [-0.1, -0.05) is 12.1 Å². The van der Waals surface area contributed by atoms with E-state index in [9.17, 15) is 4.79 Å². The monoisotopic (exact) mass is 317 g/mol. The van der Waals surface area contributed by atoms with Gasteiger partial charge in [-0.25, -0.2) is 0 Å². The van der Waals surface area contributed by atoms with E-state index in [1.165, 1.54) is 0 Å². The van der Waals surface area contributed by atoms with Gasteiger partial charge in [-0.2, -0.15) is 0 Å². The summed E-state index contributed by atoms with van der Waals surface area (Å²) in [5, 5.41) is 0. The molecule has 1 amide bonds.